The van der Waals surface area contributed by atoms with Crippen LogP contribution in [0, 0.1) is 12.1 Å². The van der Waals surface area contributed by atoms with E-state index in [0.29, 0.717) is 40.2 Å². The quantitative estimate of drug-likeness (QED) is 0.283. The Hall–Kier alpha value is -3.96. The zero-order valence-corrected chi connectivity index (χ0v) is 20.0. The number of aliphatic imine (C=N–C) groups is 1. The van der Waals surface area contributed by atoms with E-state index >= 15 is 0 Å². The van der Waals surface area contributed by atoms with Crippen molar-refractivity contribution in [2.45, 2.75) is 25.7 Å². The fourth-order valence-corrected chi connectivity index (χ4v) is 4.82. The zero-order chi connectivity index (χ0) is 24.5. The molecule has 0 saturated heterocycles. The lowest BCUT2D eigenvalue weighted by atomic mass is 9.88. The fraction of sp³-hybridized carbons (Fsp3) is 0.138. The predicted molar refractivity (Wildman–Crippen MR) is 139 cm³/mol. The monoisotopic (exact) mass is 481 g/mol. The van der Waals surface area contributed by atoms with Crippen molar-refractivity contribution < 1.29 is 9.52 Å². The lowest BCUT2D eigenvalue weighted by Crippen LogP contribution is -2.36. The average molecular weight is 482 g/mol. The lowest BCUT2D eigenvalue weighted by Gasteiger charge is -2.18. The first kappa shape index (κ1) is 22.8. The molecule has 0 unspecified atom stereocenters. The van der Waals surface area contributed by atoms with Crippen LogP contribution in [0.4, 0.5) is 5.69 Å². The minimum atomic E-state index is -0.575. The highest BCUT2D eigenvalue weighted by atomic mass is 35.5. The summed E-state index contributed by atoms with van der Waals surface area (Å²) in [4.78, 5) is 16.9. The van der Waals surface area contributed by atoms with Crippen LogP contribution >= 0.6 is 11.6 Å². The Morgan fingerprint density at radius 2 is 1.89 bits per heavy atom. The van der Waals surface area contributed by atoms with Crippen LogP contribution < -0.4 is 10.5 Å². The minimum Gasteiger partial charge on any atom is -0.618 e. The molecular weight excluding hydrogens is 458 g/mol. The van der Waals surface area contributed by atoms with E-state index < -0.39 is 5.91 Å². The molecule has 6 heteroatoms. The summed E-state index contributed by atoms with van der Waals surface area (Å²) >= 11 is 6.17. The van der Waals surface area contributed by atoms with Gasteiger partial charge in [0.05, 0.1) is 11.6 Å². The van der Waals surface area contributed by atoms with E-state index in [-0.39, 0.29) is 5.92 Å². The molecular formula is C29H24ClN3O2. The van der Waals surface area contributed by atoms with Crippen molar-refractivity contribution in [3.63, 3.8) is 0 Å². The van der Waals surface area contributed by atoms with Crippen LogP contribution in [0.15, 0.2) is 90.1 Å². The number of halogens is 1. The van der Waals surface area contributed by atoms with E-state index in [4.69, 9.17) is 22.3 Å². The van der Waals surface area contributed by atoms with Gasteiger partial charge in [-0.05, 0) is 60.4 Å². The van der Waals surface area contributed by atoms with Gasteiger partial charge in [0.15, 0.2) is 6.20 Å². The van der Waals surface area contributed by atoms with Crippen molar-refractivity contribution in [1.29, 1.82) is 0 Å². The summed E-state index contributed by atoms with van der Waals surface area (Å²) in [7, 11) is 0. The molecule has 174 valence electrons. The molecule has 5 nitrogen and oxygen atoms in total. The molecule has 0 fully saturated rings. The highest BCUT2D eigenvalue weighted by molar-refractivity contribution is 6.31. The molecule has 0 aliphatic carbocycles. The standard InChI is InChI=1S/C29H24ClN3O2/c1-18-7-8-20-15-27(32-26(20)13-18)25(14-19-5-3-2-4-6-19)28-12-9-21(17-33(28)35)24-16-22(30)10-11-23(24)29(31)34/h2-13,16-17,25H,14-15H2,1H3,(H2,31,34)/t25-/m0/s1. The molecule has 0 radical (unpaired) electrons. The third kappa shape index (κ3) is 4.68. The maximum Gasteiger partial charge on any atom is 0.249 e. The molecule has 0 saturated carbocycles. The number of hydrogen-bond donors (Lipinski definition) is 1. The Kier molecular flexibility index (Phi) is 6.10. The molecule has 0 bridgehead atoms. The van der Waals surface area contributed by atoms with Gasteiger partial charge >= 0.3 is 0 Å². The number of rotatable bonds is 6. The van der Waals surface area contributed by atoms with Crippen LogP contribution in [-0.2, 0) is 12.8 Å². The number of hydrogen-bond acceptors (Lipinski definition) is 3. The van der Waals surface area contributed by atoms with Gasteiger partial charge in [0, 0.05) is 39.9 Å². The average Bonchev–Trinajstić information content (AvgIpc) is 3.26. The highest BCUT2D eigenvalue weighted by Crippen LogP contribution is 2.34. The molecule has 1 atom stereocenters. The molecule has 5 rings (SSSR count). The first-order valence-corrected chi connectivity index (χ1v) is 11.8. The van der Waals surface area contributed by atoms with Crippen molar-refractivity contribution in [2.75, 3.05) is 0 Å². The molecule has 4 aromatic rings. The van der Waals surface area contributed by atoms with E-state index in [9.17, 15) is 10.0 Å². The molecule has 1 aliphatic heterocycles. The topological polar surface area (TPSA) is 82.4 Å². The Bertz CT molecular complexity index is 1460. The van der Waals surface area contributed by atoms with Crippen molar-refractivity contribution in [1.82, 2.24) is 0 Å². The second-order valence-electron chi connectivity index (χ2n) is 8.88. The van der Waals surface area contributed by atoms with E-state index in [1.807, 2.05) is 30.3 Å². The second kappa shape index (κ2) is 9.35. The summed E-state index contributed by atoms with van der Waals surface area (Å²) < 4.78 is 0.880. The van der Waals surface area contributed by atoms with Crippen LogP contribution in [-0.4, -0.2) is 11.6 Å². The number of aromatic nitrogens is 1. The smallest absolute Gasteiger partial charge is 0.249 e. The van der Waals surface area contributed by atoms with Crippen molar-refractivity contribution in [3.05, 3.63) is 123 Å². The fourth-order valence-electron chi connectivity index (χ4n) is 4.65. The van der Waals surface area contributed by atoms with E-state index in [0.717, 1.165) is 27.3 Å². The molecule has 35 heavy (non-hydrogen) atoms. The Morgan fingerprint density at radius 1 is 1.09 bits per heavy atom. The normalized spacial score (nSPS) is 13.3. The molecule has 1 amide bonds. The summed E-state index contributed by atoms with van der Waals surface area (Å²) in [6.07, 6.45) is 2.84. The largest absolute Gasteiger partial charge is 0.618 e. The van der Waals surface area contributed by atoms with Crippen molar-refractivity contribution >= 4 is 28.9 Å². The Labute approximate surface area is 209 Å². The molecule has 1 aliphatic rings. The van der Waals surface area contributed by atoms with Crippen LogP contribution in [0.1, 0.15) is 38.7 Å². The van der Waals surface area contributed by atoms with Gasteiger partial charge in [-0.3, -0.25) is 9.79 Å². The molecule has 0 spiro atoms. The predicted octanol–water partition coefficient (Wildman–Crippen LogP) is 5.70. The van der Waals surface area contributed by atoms with Gasteiger partial charge in [0.25, 0.3) is 0 Å². The number of pyridine rings is 1. The van der Waals surface area contributed by atoms with E-state index in [1.54, 1.807) is 18.2 Å². The maximum absolute atomic E-state index is 13.4. The number of nitrogens with zero attached hydrogens (tertiary/aromatic N) is 2. The van der Waals surface area contributed by atoms with Crippen molar-refractivity contribution in [2.24, 2.45) is 10.7 Å². The number of nitrogens with two attached hydrogens (primary N) is 1. The van der Waals surface area contributed by atoms with Gasteiger partial charge in [-0.15, -0.1) is 0 Å². The number of amides is 1. The van der Waals surface area contributed by atoms with Gasteiger partial charge in [-0.1, -0.05) is 54.1 Å². The molecule has 1 aromatic heterocycles. The summed E-state index contributed by atoms with van der Waals surface area (Å²) in [6.45, 7) is 2.05. The van der Waals surface area contributed by atoms with Gasteiger partial charge in [-0.2, -0.15) is 4.73 Å². The summed E-state index contributed by atoms with van der Waals surface area (Å²) in [5.41, 5.74) is 13.0. The van der Waals surface area contributed by atoms with Crippen LogP contribution in [0.25, 0.3) is 11.1 Å². The molecule has 2 heterocycles. The first-order chi connectivity index (χ1) is 16.9. The minimum absolute atomic E-state index is 0.202. The number of benzene rings is 3. The summed E-state index contributed by atoms with van der Waals surface area (Å²) in [5, 5.41) is 13.9. The third-order valence-corrected chi connectivity index (χ3v) is 6.66. The van der Waals surface area contributed by atoms with Crippen LogP contribution in [0.5, 0.6) is 0 Å². The van der Waals surface area contributed by atoms with E-state index in [2.05, 4.69) is 37.3 Å². The summed E-state index contributed by atoms with van der Waals surface area (Å²) in [6, 6.07) is 24.9. The summed E-state index contributed by atoms with van der Waals surface area (Å²) in [5.74, 6) is -0.778. The second-order valence-corrected chi connectivity index (χ2v) is 9.31. The van der Waals surface area contributed by atoms with Gasteiger partial charge < -0.3 is 10.9 Å². The Balaban J connectivity index is 1.57. The number of carbonyl (C=O) groups excluding carboxylic acids is 1. The Morgan fingerprint density at radius 3 is 2.63 bits per heavy atom. The first-order valence-electron chi connectivity index (χ1n) is 11.4. The van der Waals surface area contributed by atoms with Crippen molar-refractivity contribution in [3.8, 4) is 11.1 Å². The zero-order valence-electron chi connectivity index (χ0n) is 19.2. The van der Waals surface area contributed by atoms with Crippen LogP contribution in [0.3, 0.4) is 0 Å². The van der Waals surface area contributed by atoms with Gasteiger partial charge in [0.1, 0.15) is 0 Å². The highest BCUT2D eigenvalue weighted by Gasteiger charge is 2.30. The van der Waals surface area contributed by atoms with Crippen LogP contribution in [0.2, 0.25) is 5.02 Å². The maximum atomic E-state index is 13.4. The number of fused-ring (bicyclic) bond motifs is 1. The number of carbonyl (C=O) groups is 1. The number of primary amides is 1. The van der Waals surface area contributed by atoms with E-state index in [1.165, 1.54) is 11.8 Å². The third-order valence-electron chi connectivity index (χ3n) is 6.42. The number of aryl methyl sites for hydroxylation is 1. The van der Waals surface area contributed by atoms with Gasteiger partial charge in [-0.25, -0.2) is 0 Å². The molecule has 3 aromatic carbocycles. The lowest BCUT2D eigenvalue weighted by molar-refractivity contribution is -0.614. The molecule has 2 N–H and O–H groups in total. The van der Waals surface area contributed by atoms with Gasteiger partial charge in [0.2, 0.25) is 11.6 Å². The SMILES string of the molecule is Cc1ccc2c(c1)N=C([C@H](Cc1ccccc1)c1ccc(-c3cc(Cl)ccc3C(N)=O)c[n+]1[O-])C2.